The van der Waals surface area contributed by atoms with Gasteiger partial charge in [0.1, 0.15) is 6.04 Å². The van der Waals surface area contributed by atoms with Gasteiger partial charge in [0, 0.05) is 11.4 Å². The molecular formula is C14H13NO4S. The lowest BCUT2D eigenvalue weighted by Gasteiger charge is -2.14. The van der Waals surface area contributed by atoms with E-state index in [-0.39, 0.29) is 6.79 Å². The number of rotatable bonds is 5. The maximum Gasteiger partial charge on any atom is 0.325 e. The molecule has 6 heteroatoms. The van der Waals surface area contributed by atoms with Crippen LogP contribution in [-0.2, 0) is 11.3 Å². The molecule has 0 spiro atoms. The average Bonchev–Trinajstić information content (AvgIpc) is 3.08. The second-order valence-corrected chi connectivity index (χ2v) is 5.38. The molecule has 0 radical (unpaired) electrons. The molecule has 0 fully saturated rings. The number of thiophene rings is 1. The Kier molecular flexibility index (Phi) is 3.58. The van der Waals surface area contributed by atoms with Crippen molar-refractivity contribution in [1.29, 1.82) is 0 Å². The summed E-state index contributed by atoms with van der Waals surface area (Å²) in [5, 5.41) is 14.4. The number of benzene rings is 1. The monoisotopic (exact) mass is 291 g/mol. The Bertz CT molecular complexity index is 612. The zero-order valence-corrected chi connectivity index (χ0v) is 11.4. The third kappa shape index (κ3) is 2.61. The van der Waals surface area contributed by atoms with Gasteiger partial charge in [-0.05, 0) is 29.1 Å². The van der Waals surface area contributed by atoms with E-state index in [2.05, 4.69) is 5.32 Å². The molecule has 1 aromatic carbocycles. The number of carboxylic acids is 1. The van der Waals surface area contributed by atoms with Crippen LogP contribution in [0, 0.1) is 0 Å². The molecule has 1 unspecified atom stereocenters. The second-order valence-electron chi connectivity index (χ2n) is 4.34. The van der Waals surface area contributed by atoms with Crippen LogP contribution in [-0.4, -0.2) is 17.9 Å². The first kappa shape index (κ1) is 13.0. The summed E-state index contributed by atoms with van der Waals surface area (Å²) in [6.07, 6.45) is 0. The number of carbonyl (C=O) groups is 1. The molecule has 20 heavy (non-hydrogen) atoms. The van der Waals surface area contributed by atoms with Gasteiger partial charge < -0.3 is 14.6 Å². The van der Waals surface area contributed by atoms with Gasteiger partial charge in [0.25, 0.3) is 0 Å². The van der Waals surface area contributed by atoms with Crippen LogP contribution in [0.15, 0.2) is 35.7 Å². The number of fused-ring (bicyclic) bond motifs is 1. The Morgan fingerprint density at radius 2 is 2.20 bits per heavy atom. The number of hydrogen-bond donors (Lipinski definition) is 2. The van der Waals surface area contributed by atoms with E-state index in [4.69, 9.17) is 9.47 Å². The summed E-state index contributed by atoms with van der Waals surface area (Å²) in [4.78, 5) is 12.5. The molecule has 5 nitrogen and oxygen atoms in total. The van der Waals surface area contributed by atoms with Gasteiger partial charge in [-0.3, -0.25) is 10.1 Å². The highest BCUT2D eigenvalue weighted by molar-refractivity contribution is 7.09. The zero-order chi connectivity index (χ0) is 13.9. The van der Waals surface area contributed by atoms with Crippen LogP contribution in [0.5, 0.6) is 11.5 Å². The fourth-order valence-corrected chi connectivity index (χ4v) is 2.71. The maximum absolute atomic E-state index is 11.4. The maximum atomic E-state index is 11.4. The normalized spacial score (nSPS) is 14.2. The third-order valence-corrected chi connectivity index (χ3v) is 3.91. The van der Waals surface area contributed by atoms with E-state index < -0.39 is 12.0 Å². The minimum atomic E-state index is -0.916. The number of carboxylic acid groups (broad SMARTS) is 1. The van der Waals surface area contributed by atoms with Gasteiger partial charge in [-0.15, -0.1) is 11.3 Å². The van der Waals surface area contributed by atoms with Crippen molar-refractivity contribution in [3.8, 4) is 11.5 Å². The molecule has 0 saturated heterocycles. The molecule has 0 saturated carbocycles. The molecule has 3 rings (SSSR count). The van der Waals surface area contributed by atoms with E-state index in [1.54, 1.807) is 29.5 Å². The van der Waals surface area contributed by atoms with E-state index in [0.717, 1.165) is 4.88 Å². The van der Waals surface area contributed by atoms with Crippen molar-refractivity contribution in [1.82, 2.24) is 5.32 Å². The van der Waals surface area contributed by atoms with Crippen LogP contribution in [0.2, 0.25) is 0 Å². The number of nitrogens with one attached hydrogen (secondary N) is 1. The van der Waals surface area contributed by atoms with Crippen molar-refractivity contribution in [3.05, 3.63) is 46.2 Å². The molecule has 2 N–H and O–H groups in total. The molecule has 104 valence electrons. The van der Waals surface area contributed by atoms with Crippen molar-refractivity contribution in [2.45, 2.75) is 12.6 Å². The Morgan fingerprint density at radius 3 is 2.95 bits per heavy atom. The van der Waals surface area contributed by atoms with Gasteiger partial charge >= 0.3 is 5.97 Å². The van der Waals surface area contributed by atoms with E-state index >= 15 is 0 Å². The van der Waals surface area contributed by atoms with Crippen LogP contribution >= 0.6 is 11.3 Å². The molecular weight excluding hydrogens is 278 g/mol. The van der Waals surface area contributed by atoms with Crippen LogP contribution in [0.25, 0.3) is 0 Å². The van der Waals surface area contributed by atoms with E-state index in [1.165, 1.54) is 0 Å². The Morgan fingerprint density at radius 1 is 1.35 bits per heavy atom. The standard InChI is InChI=1S/C14H13NO4S/c16-14(17)13(15-7-10-2-1-5-20-10)9-3-4-11-12(6-9)19-8-18-11/h1-6,13,15H,7-8H2,(H,16,17). The van der Waals surface area contributed by atoms with E-state index in [1.807, 2.05) is 17.5 Å². The van der Waals surface area contributed by atoms with Gasteiger partial charge in [0.2, 0.25) is 6.79 Å². The average molecular weight is 291 g/mol. The van der Waals surface area contributed by atoms with Crippen LogP contribution in [0.3, 0.4) is 0 Å². The Balaban J connectivity index is 1.78. The van der Waals surface area contributed by atoms with Crippen LogP contribution in [0.4, 0.5) is 0 Å². The fourth-order valence-electron chi connectivity index (χ4n) is 2.06. The van der Waals surface area contributed by atoms with Crippen molar-refractivity contribution in [3.63, 3.8) is 0 Å². The Hall–Kier alpha value is -2.05. The summed E-state index contributed by atoms with van der Waals surface area (Å²) < 4.78 is 10.5. The topological polar surface area (TPSA) is 67.8 Å². The van der Waals surface area contributed by atoms with Crippen molar-refractivity contribution in [2.75, 3.05) is 6.79 Å². The van der Waals surface area contributed by atoms with Gasteiger partial charge in [-0.1, -0.05) is 12.1 Å². The number of ether oxygens (including phenoxy) is 2. The minimum absolute atomic E-state index is 0.180. The van der Waals surface area contributed by atoms with E-state index in [0.29, 0.717) is 23.6 Å². The lowest BCUT2D eigenvalue weighted by molar-refractivity contribution is -0.139. The molecule has 1 aliphatic heterocycles. The first-order valence-corrected chi connectivity index (χ1v) is 7.00. The summed E-state index contributed by atoms with van der Waals surface area (Å²) in [6, 6.07) is 8.33. The molecule has 0 bridgehead atoms. The van der Waals surface area contributed by atoms with Crippen molar-refractivity contribution in [2.24, 2.45) is 0 Å². The quantitative estimate of drug-likeness (QED) is 0.885. The summed E-state index contributed by atoms with van der Waals surface area (Å²) >= 11 is 1.59. The highest BCUT2D eigenvalue weighted by Crippen LogP contribution is 2.34. The summed E-state index contributed by atoms with van der Waals surface area (Å²) in [5.74, 6) is 0.322. The van der Waals surface area contributed by atoms with Gasteiger partial charge in [0.15, 0.2) is 11.5 Å². The summed E-state index contributed by atoms with van der Waals surface area (Å²) in [5.41, 5.74) is 0.651. The first-order valence-electron chi connectivity index (χ1n) is 6.12. The van der Waals surface area contributed by atoms with E-state index in [9.17, 15) is 9.90 Å². The Labute approximate surface area is 119 Å². The summed E-state index contributed by atoms with van der Waals surface area (Å²) in [6.45, 7) is 0.697. The molecule has 1 aliphatic rings. The molecule has 0 aliphatic carbocycles. The molecule has 1 atom stereocenters. The predicted octanol–water partition coefficient (Wildman–Crippen LogP) is 2.39. The molecule has 1 aromatic heterocycles. The third-order valence-electron chi connectivity index (χ3n) is 3.04. The molecule has 2 aromatic rings. The predicted molar refractivity (Wildman–Crippen MR) is 74.1 cm³/mol. The lowest BCUT2D eigenvalue weighted by Crippen LogP contribution is -2.27. The van der Waals surface area contributed by atoms with Gasteiger partial charge in [-0.2, -0.15) is 0 Å². The van der Waals surface area contributed by atoms with Crippen LogP contribution in [0.1, 0.15) is 16.5 Å². The number of aliphatic carboxylic acids is 1. The number of hydrogen-bond acceptors (Lipinski definition) is 5. The largest absolute Gasteiger partial charge is 0.480 e. The fraction of sp³-hybridized carbons (Fsp3) is 0.214. The zero-order valence-electron chi connectivity index (χ0n) is 10.5. The molecule has 2 heterocycles. The smallest absolute Gasteiger partial charge is 0.325 e. The second kappa shape index (κ2) is 5.52. The van der Waals surface area contributed by atoms with Gasteiger partial charge in [-0.25, -0.2) is 0 Å². The highest BCUT2D eigenvalue weighted by atomic mass is 32.1. The van der Waals surface area contributed by atoms with Crippen LogP contribution < -0.4 is 14.8 Å². The van der Waals surface area contributed by atoms with Crippen molar-refractivity contribution < 1.29 is 19.4 Å². The first-order chi connectivity index (χ1) is 9.74. The molecule has 0 amide bonds. The SMILES string of the molecule is O=C(O)C(NCc1cccs1)c1ccc2c(c1)OCO2. The minimum Gasteiger partial charge on any atom is -0.480 e. The van der Waals surface area contributed by atoms with Crippen molar-refractivity contribution >= 4 is 17.3 Å². The lowest BCUT2D eigenvalue weighted by atomic mass is 10.1. The van der Waals surface area contributed by atoms with Gasteiger partial charge in [0.05, 0.1) is 0 Å². The highest BCUT2D eigenvalue weighted by Gasteiger charge is 2.22. The summed E-state index contributed by atoms with van der Waals surface area (Å²) in [7, 11) is 0.